The number of nitrogens with zero attached hydrogens (tertiary/aromatic N) is 1. The molecule has 0 fully saturated rings. The summed E-state index contributed by atoms with van der Waals surface area (Å²) < 4.78 is 0. The van der Waals surface area contributed by atoms with Crippen LogP contribution >= 0.6 is 0 Å². The lowest BCUT2D eigenvalue weighted by molar-refractivity contribution is 0.909. The number of aromatic nitrogens is 2. The second-order valence-corrected chi connectivity index (χ2v) is 5.51. The Hall–Kier alpha value is -2.68. The van der Waals surface area contributed by atoms with Crippen LogP contribution in [-0.4, -0.2) is 10.2 Å². The van der Waals surface area contributed by atoms with Gasteiger partial charge in [-0.3, -0.25) is 4.79 Å². The zero-order valence-electron chi connectivity index (χ0n) is 12.5. The number of aryl methyl sites for hydroxylation is 1. The maximum absolute atomic E-state index is 11.1. The summed E-state index contributed by atoms with van der Waals surface area (Å²) in [6, 6.07) is 20.3. The Morgan fingerprint density at radius 2 is 1.73 bits per heavy atom. The van der Waals surface area contributed by atoms with Crippen LogP contribution in [0, 0.1) is 6.92 Å². The molecule has 3 rings (SSSR count). The van der Waals surface area contributed by atoms with Crippen LogP contribution in [0.25, 0.3) is 0 Å². The summed E-state index contributed by atoms with van der Waals surface area (Å²) >= 11 is 0. The van der Waals surface area contributed by atoms with Gasteiger partial charge in [0.05, 0.1) is 5.69 Å². The van der Waals surface area contributed by atoms with E-state index in [4.69, 9.17) is 0 Å². The van der Waals surface area contributed by atoms with Crippen LogP contribution in [0.5, 0.6) is 0 Å². The Morgan fingerprint density at radius 3 is 2.45 bits per heavy atom. The monoisotopic (exact) mass is 290 g/mol. The minimum Gasteiger partial charge on any atom is -0.268 e. The first-order valence-corrected chi connectivity index (χ1v) is 7.37. The number of nitrogens with one attached hydrogen (secondary N) is 1. The van der Waals surface area contributed by atoms with Crippen molar-refractivity contribution in [3.05, 3.63) is 99.0 Å². The lowest BCUT2D eigenvalue weighted by atomic mass is 9.97. The molecule has 0 spiro atoms. The summed E-state index contributed by atoms with van der Waals surface area (Å²) in [7, 11) is 0. The van der Waals surface area contributed by atoms with Gasteiger partial charge in [0, 0.05) is 12.5 Å². The SMILES string of the molecule is Cc1ccc(Cc2ccc(=O)[nH]n2)cc1Cc1ccccc1. The fourth-order valence-electron chi connectivity index (χ4n) is 2.52. The van der Waals surface area contributed by atoms with Crippen molar-refractivity contribution < 1.29 is 0 Å². The van der Waals surface area contributed by atoms with E-state index in [1.54, 1.807) is 6.07 Å². The number of H-pyrrole nitrogens is 1. The van der Waals surface area contributed by atoms with Crippen LogP contribution in [0.2, 0.25) is 0 Å². The lowest BCUT2D eigenvalue weighted by Crippen LogP contribution is -2.07. The van der Waals surface area contributed by atoms with Gasteiger partial charge in [0.25, 0.3) is 5.56 Å². The fraction of sp³-hybridized carbons (Fsp3) is 0.158. The molecule has 2 aromatic carbocycles. The molecule has 1 aromatic heterocycles. The van der Waals surface area contributed by atoms with Crippen LogP contribution in [-0.2, 0) is 12.8 Å². The van der Waals surface area contributed by atoms with Gasteiger partial charge < -0.3 is 0 Å². The minimum absolute atomic E-state index is 0.169. The Bertz CT molecular complexity index is 802. The molecule has 3 heteroatoms. The zero-order chi connectivity index (χ0) is 15.4. The molecule has 0 atom stereocenters. The highest BCUT2D eigenvalue weighted by atomic mass is 16.1. The van der Waals surface area contributed by atoms with Gasteiger partial charge in [0.15, 0.2) is 0 Å². The highest BCUT2D eigenvalue weighted by Gasteiger charge is 2.04. The molecule has 0 radical (unpaired) electrons. The lowest BCUT2D eigenvalue weighted by Gasteiger charge is -2.09. The average Bonchev–Trinajstić information content (AvgIpc) is 2.54. The van der Waals surface area contributed by atoms with Gasteiger partial charge in [-0.1, -0.05) is 48.5 Å². The molecule has 0 unspecified atom stereocenters. The third-order valence-corrected chi connectivity index (χ3v) is 3.77. The van der Waals surface area contributed by atoms with Crippen molar-refractivity contribution in [2.75, 3.05) is 0 Å². The van der Waals surface area contributed by atoms with E-state index in [1.807, 2.05) is 6.07 Å². The van der Waals surface area contributed by atoms with Crippen LogP contribution in [0.3, 0.4) is 0 Å². The Balaban J connectivity index is 1.83. The van der Waals surface area contributed by atoms with Crippen LogP contribution < -0.4 is 5.56 Å². The molecule has 0 saturated carbocycles. The number of benzene rings is 2. The molecule has 3 aromatic rings. The van der Waals surface area contributed by atoms with Crippen molar-refractivity contribution in [3.63, 3.8) is 0 Å². The summed E-state index contributed by atoms with van der Waals surface area (Å²) in [5.74, 6) is 0. The van der Waals surface area contributed by atoms with E-state index < -0.39 is 0 Å². The van der Waals surface area contributed by atoms with Crippen molar-refractivity contribution in [3.8, 4) is 0 Å². The maximum Gasteiger partial charge on any atom is 0.264 e. The van der Waals surface area contributed by atoms with Gasteiger partial charge in [-0.05, 0) is 41.7 Å². The summed E-state index contributed by atoms with van der Waals surface area (Å²) in [5, 5.41) is 6.55. The van der Waals surface area contributed by atoms with E-state index in [-0.39, 0.29) is 5.56 Å². The van der Waals surface area contributed by atoms with Crippen LogP contribution in [0.1, 0.15) is 27.9 Å². The van der Waals surface area contributed by atoms with E-state index in [0.717, 1.165) is 18.5 Å². The molecule has 0 aliphatic rings. The molecule has 110 valence electrons. The van der Waals surface area contributed by atoms with Gasteiger partial charge in [0.2, 0.25) is 0 Å². The van der Waals surface area contributed by atoms with Gasteiger partial charge in [-0.2, -0.15) is 5.10 Å². The molecule has 0 amide bonds. The molecular weight excluding hydrogens is 272 g/mol. The number of aromatic amines is 1. The first-order valence-electron chi connectivity index (χ1n) is 7.37. The van der Waals surface area contributed by atoms with Crippen molar-refractivity contribution in [1.29, 1.82) is 0 Å². The second kappa shape index (κ2) is 6.39. The van der Waals surface area contributed by atoms with E-state index >= 15 is 0 Å². The maximum atomic E-state index is 11.1. The van der Waals surface area contributed by atoms with E-state index in [1.165, 1.54) is 28.3 Å². The van der Waals surface area contributed by atoms with E-state index in [9.17, 15) is 4.79 Å². The first-order chi connectivity index (χ1) is 10.7. The Morgan fingerprint density at radius 1 is 0.909 bits per heavy atom. The third-order valence-electron chi connectivity index (χ3n) is 3.77. The third kappa shape index (κ3) is 3.50. The van der Waals surface area contributed by atoms with E-state index in [0.29, 0.717) is 0 Å². The second-order valence-electron chi connectivity index (χ2n) is 5.51. The summed E-state index contributed by atoms with van der Waals surface area (Å²) in [6.45, 7) is 2.14. The number of hydrogen-bond acceptors (Lipinski definition) is 2. The van der Waals surface area contributed by atoms with Crippen molar-refractivity contribution in [2.45, 2.75) is 19.8 Å². The normalized spacial score (nSPS) is 10.6. The topological polar surface area (TPSA) is 45.8 Å². The van der Waals surface area contributed by atoms with Crippen LogP contribution in [0.15, 0.2) is 65.5 Å². The standard InChI is InChI=1S/C19H18N2O/c1-14-7-8-16(13-18-9-10-19(22)21-20-18)12-17(14)11-15-5-3-2-4-6-15/h2-10,12H,11,13H2,1H3,(H,21,22). The highest BCUT2D eigenvalue weighted by Crippen LogP contribution is 2.17. The fourth-order valence-corrected chi connectivity index (χ4v) is 2.52. The van der Waals surface area contributed by atoms with Crippen molar-refractivity contribution in [1.82, 2.24) is 10.2 Å². The highest BCUT2D eigenvalue weighted by molar-refractivity contribution is 5.36. The average molecular weight is 290 g/mol. The van der Waals surface area contributed by atoms with Crippen molar-refractivity contribution in [2.24, 2.45) is 0 Å². The van der Waals surface area contributed by atoms with Crippen molar-refractivity contribution >= 4 is 0 Å². The minimum atomic E-state index is -0.169. The Kier molecular flexibility index (Phi) is 4.15. The molecule has 1 heterocycles. The molecule has 22 heavy (non-hydrogen) atoms. The van der Waals surface area contributed by atoms with Gasteiger partial charge in [0.1, 0.15) is 0 Å². The van der Waals surface area contributed by atoms with Gasteiger partial charge in [-0.25, -0.2) is 5.10 Å². The summed E-state index contributed by atoms with van der Waals surface area (Å²) in [6.07, 6.45) is 1.65. The largest absolute Gasteiger partial charge is 0.268 e. The quantitative estimate of drug-likeness (QED) is 0.801. The number of hydrogen-bond donors (Lipinski definition) is 1. The molecule has 0 aliphatic heterocycles. The summed E-state index contributed by atoms with van der Waals surface area (Å²) in [4.78, 5) is 11.1. The Labute approximate surface area is 129 Å². The smallest absolute Gasteiger partial charge is 0.264 e. The molecule has 0 saturated heterocycles. The zero-order valence-corrected chi connectivity index (χ0v) is 12.5. The number of rotatable bonds is 4. The summed E-state index contributed by atoms with van der Waals surface area (Å²) in [5.41, 5.74) is 5.84. The molecule has 0 aliphatic carbocycles. The molecule has 1 N–H and O–H groups in total. The van der Waals surface area contributed by atoms with E-state index in [2.05, 4.69) is 59.6 Å². The molecule has 0 bridgehead atoms. The first kappa shape index (κ1) is 14.3. The molecular formula is C19H18N2O. The molecule has 3 nitrogen and oxygen atoms in total. The predicted octanol–water partition coefficient (Wildman–Crippen LogP) is 3.26. The van der Waals surface area contributed by atoms with Gasteiger partial charge in [-0.15, -0.1) is 0 Å². The van der Waals surface area contributed by atoms with Crippen LogP contribution in [0.4, 0.5) is 0 Å². The predicted molar refractivity (Wildman–Crippen MR) is 88.1 cm³/mol. The van der Waals surface area contributed by atoms with Gasteiger partial charge >= 0.3 is 0 Å².